The molecule has 4 aliphatic rings. The third kappa shape index (κ3) is 2.89. The molecule has 144 valence electrons. The lowest BCUT2D eigenvalue weighted by Gasteiger charge is -2.60. The second-order valence-corrected chi connectivity index (χ2v) is 9.99. The van der Waals surface area contributed by atoms with Gasteiger partial charge in [0.05, 0.1) is 18.3 Å². The van der Waals surface area contributed by atoms with E-state index in [1.165, 1.54) is 51.4 Å². The summed E-state index contributed by atoms with van der Waals surface area (Å²) in [5.74, 6) is 4.25. The Morgan fingerprint density at radius 3 is 2.48 bits per heavy atom. The first-order valence-corrected chi connectivity index (χ1v) is 10.8. The number of rotatable bonds is 3. The summed E-state index contributed by atoms with van der Waals surface area (Å²) in [5, 5.41) is 10.7. The quantitative estimate of drug-likeness (QED) is 0.819. The van der Waals surface area contributed by atoms with Crippen LogP contribution in [0.5, 0.6) is 0 Å². The van der Waals surface area contributed by atoms with E-state index in [-0.39, 0.29) is 17.1 Å². The first kappa shape index (κ1) is 18.3. The average Bonchev–Trinajstić information content (AvgIpc) is 2.62. The van der Waals surface area contributed by atoms with Crippen molar-refractivity contribution in [1.29, 1.82) is 0 Å². The molecular formula is C22H38O3. The number of aliphatic hydroxyl groups excluding tert-OH is 1. The van der Waals surface area contributed by atoms with Gasteiger partial charge in [-0.1, -0.05) is 13.3 Å². The highest BCUT2D eigenvalue weighted by atomic mass is 16.5. The summed E-state index contributed by atoms with van der Waals surface area (Å²) < 4.78 is 11.5. The van der Waals surface area contributed by atoms with Crippen molar-refractivity contribution in [3.8, 4) is 0 Å². The molecule has 0 heterocycles. The fraction of sp³-hybridized carbons (Fsp3) is 1.00. The molecular weight excluding hydrogens is 312 g/mol. The molecule has 0 aromatic heterocycles. The van der Waals surface area contributed by atoms with Gasteiger partial charge in [0.25, 0.3) is 0 Å². The molecule has 25 heavy (non-hydrogen) atoms. The topological polar surface area (TPSA) is 38.7 Å². The van der Waals surface area contributed by atoms with Gasteiger partial charge in [-0.25, -0.2) is 0 Å². The van der Waals surface area contributed by atoms with E-state index >= 15 is 0 Å². The van der Waals surface area contributed by atoms with Crippen LogP contribution in [0, 0.1) is 35.0 Å². The predicted molar refractivity (Wildman–Crippen MR) is 99.3 cm³/mol. The number of fused-ring (bicyclic) bond motifs is 5. The maximum Gasteiger partial charge on any atom is 0.0913 e. The van der Waals surface area contributed by atoms with Gasteiger partial charge in [0.1, 0.15) is 0 Å². The Bertz CT molecular complexity index is 480. The van der Waals surface area contributed by atoms with Gasteiger partial charge in [0.2, 0.25) is 0 Å². The molecule has 0 aliphatic heterocycles. The van der Waals surface area contributed by atoms with Crippen LogP contribution in [0.25, 0.3) is 0 Å². The highest BCUT2D eigenvalue weighted by molar-refractivity contribution is 5.06. The standard InChI is InChI=1S/C22H38O3/c1-21-11-9-17-16-10-12-22(25-3,14-24-2)13-15(16)7-8-18(17)19(21)5-4-6-20(21)23/h15-20,23H,4-14H2,1-3H3/t15-,16+,17-,18-,19+,20+,21+,22-/m1/s1. The lowest BCUT2D eigenvalue weighted by molar-refractivity contribution is -0.160. The van der Waals surface area contributed by atoms with Crippen LogP contribution in [0.1, 0.15) is 71.1 Å². The predicted octanol–water partition coefficient (Wildman–Crippen LogP) is 4.42. The molecule has 0 aromatic carbocycles. The van der Waals surface area contributed by atoms with E-state index in [4.69, 9.17) is 9.47 Å². The van der Waals surface area contributed by atoms with Crippen LogP contribution in [0.2, 0.25) is 0 Å². The maximum absolute atomic E-state index is 10.7. The molecule has 0 unspecified atom stereocenters. The third-order valence-corrected chi connectivity index (χ3v) is 9.12. The number of hydrogen-bond donors (Lipinski definition) is 1. The van der Waals surface area contributed by atoms with Crippen LogP contribution < -0.4 is 0 Å². The smallest absolute Gasteiger partial charge is 0.0913 e. The van der Waals surface area contributed by atoms with Crippen molar-refractivity contribution in [1.82, 2.24) is 0 Å². The molecule has 4 aliphatic carbocycles. The molecule has 1 N–H and O–H groups in total. The van der Waals surface area contributed by atoms with Crippen LogP contribution in [-0.4, -0.2) is 37.6 Å². The van der Waals surface area contributed by atoms with Gasteiger partial charge >= 0.3 is 0 Å². The van der Waals surface area contributed by atoms with E-state index in [0.29, 0.717) is 0 Å². The van der Waals surface area contributed by atoms with Gasteiger partial charge in [-0.2, -0.15) is 0 Å². The summed E-state index contributed by atoms with van der Waals surface area (Å²) in [5.41, 5.74) is 0.167. The maximum atomic E-state index is 10.7. The minimum absolute atomic E-state index is 0.0348. The van der Waals surface area contributed by atoms with Gasteiger partial charge in [-0.15, -0.1) is 0 Å². The lowest BCUT2D eigenvalue weighted by atomic mass is 9.46. The zero-order chi connectivity index (χ0) is 17.7. The molecule has 0 amide bonds. The fourth-order valence-corrected chi connectivity index (χ4v) is 7.75. The summed E-state index contributed by atoms with van der Waals surface area (Å²) in [7, 11) is 3.68. The van der Waals surface area contributed by atoms with Gasteiger partial charge in [-0.05, 0) is 92.8 Å². The highest BCUT2D eigenvalue weighted by Gasteiger charge is 2.56. The molecule has 4 rings (SSSR count). The molecule has 0 radical (unpaired) electrons. The molecule has 4 saturated carbocycles. The molecule has 3 heteroatoms. The molecule has 0 aromatic rings. The van der Waals surface area contributed by atoms with Crippen LogP contribution in [-0.2, 0) is 9.47 Å². The summed E-state index contributed by atoms with van der Waals surface area (Å²) in [6, 6.07) is 0. The normalized spacial score (nSPS) is 52.8. The molecule has 0 spiro atoms. The Morgan fingerprint density at radius 2 is 1.72 bits per heavy atom. The van der Waals surface area contributed by atoms with Gasteiger partial charge < -0.3 is 14.6 Å². The summed E-state index contributed by atoms with van der Waals surface area (Å²) >= 11 is 0. The Morgan fingerprint density at radius 1 is 0.920 bits per heavy atom. The molecule has 3 nitrogen and oxygen atoms in total. The van der Waals surface area contributed by atoms with Crippen LogP contribution in [0.3, 0.4) is 0 Å². The second kappa shape index (κ2) is 6.80. The van der Waals surface area contributed by atoms with E-state index in [1.807, 2.05) is 7.11 Å². The van der Waals surface area contributed by atoms with Crippen molar-refractivity contribution in [3.63, 3.8) is 0 Å². The zero-order valence-corrected chi connectivity index (χ0v) is 16.5. The van der Waals surface area contributed by atoms with Crippen molar-refractivity contribution in [2.24, 2.45) is 35.0 Å². The minimum Gasteiger partial charge on any atom is -0.393 e. The average molecular weight is 351 g/mol. The Labute approximate surface area is 153 Å². The molecule has 0 bridgehead atoms. The fourth-order valence-electron chi connectivity index (χ4n) is 7.75. The second-order valence-electron chi connectivity index (χ2n) is 9.99. The minimum atomic E-state index is -0.0564. The lowest BCUT2D eigenvalue weighted by Crippen LogP contribution is -2.55. The SMILES string of the molecule is COC[C@@]1(OC)CC[C@H]2[C@H](CC[C@@H]3[C@@H]2CC[C@]2(C)[C@@H](O)CCC[C@@H]32)C1. The van der Waals surface area contributed by atoms with E-state index < -0.39 is 0 Å². The Hall–Kier alpha value is -0.120. The highest BCUT2D eigenvalue weighted by Crippen LogP contribution is 2.62. The first-order chi connectivity index (χ1) is 12.0. The van der Waals surface area contributed by atoms with Crippen molar-refractivity contribution in [3.05, 3.63) is 0 Å². The zero-order valence-electron chi connectivity index (χ0n) is 16.5. The van der Waals surface area contributed by atoms with Crippen molar-refractivity contribution in [2.45, 2.75) is 82.8 Å². The third-order valence-electron chi connectivity index (χ3n) is 9.12. The summed E-state index contributed by atoms with van der Waals surface area (Å²) in [4.78, 5) is 0. The molecule has 0 saturated heterocycles. The number of aliphatic hydroxyl groups is 1. The largest absolute Gasteiger partial charge is 0.393 e. The number of hydrogen-bond acceptors (Lipinski definition) is 3. The van der Waals surface area contributed by atoms with Gasteiger partial charge in [-0.3, -0.25) is 0 Å². The summed E-state index contributed by atoms with van der Waals surface area (Å²) in [6.45, 7) is 3.15. The molecule has 4 fully saturated rings. The first-order valence-electron chi connectivity index (χ1n) is 10.8. The van der Waals surface area contributed by atoms with Crippen LogP contribution in [0.4, 0.5) is 0 Å². The number of ether oxygens (including phenoxy) is 2. The Kier molecular flexibility index (Phi) is 4.96. The monoisotopic (exact) mass is 350 g/mol. The molecule has 8 atom stereocenters. The van der Waals surface area contributed by atoms with E-state index in [2.05, 4.69) is 6.92 Å². The van der Waals surface area contributed by atoms with Crippen molar-refractivity contribution >= 4 is 0 Å². The van der Waals surface area contributed by atoms with Crippen molar-refractivity contribution < 1.29 is 14.6 Å². The van der Waals surface area contributed by atoms with Crippen LogP contribution in [0.15, 0.2) is 0 Å². The van der Waals surface area contributed by atoms with E-state index in [9.17, 15) is 5.11 Å². The Balaban J connectivity index is 1.51. The number of methoxy groups -OCH3 is 2. The van der Waals surface area contributed by atoms with Crippen molar-refractivity contribution in [2.75, 3.05) is 20.8 Å². The van der Waals surface area contributed by atoms with E-state index in [1.54, 1.807) is 7.11 Å². The summed E-state index contributed by atoms with van der Waals surface area (Å²) in [6.07, 6.45) is 12.6. The van der Waals surface area contributed by atoms with Gasteiger partial charge in [0, 0.05) is 14.2 Å². The van der Waals surface area contributed by atoms with Crippen LogP contribution >= 0.6 is 0 Å². The van der Waals surface area contributed by atoms with Gasteiger partial charge in [0.15, 0.2) is 0 Å². The van der Waals surface area contributed by atoms with E-state index in [0.717, 1.165) is 49.0 Å².